The van der Waals surface area contributed by atoms with Crippen LogP contribution in [0.3, 0.4) is 0 Å². The fraction of sp³-hybridized carbons (Fsp3) is 1.00. The first-order valence-electron chi connectivity index (χ1n) is 6.86. The third kappa shape index (κ3) is 4.56. The van der Waals surface area contributed by atoms with Gasteiger partial charge < -0.3 is 5.32 Å². The van der Waals surface area contributed by atoms with Gasteiger partial charge in [-0.3, -0.25) is 0 Å². The van der Waals surface area contributed by atoms with Crippen molar-refractivity contribution in [3.63, 3.8) is 0 Å². The molecule has 0 radical (unpaired) electrons. The Hall–Kier alpha value is -0.130. The molecule has 1 unspecified atom stereocenters. The molecule has 4 nitrogen and oxygen atoms in total. The lowest BCUT2D eigenvalue weighted by atomic mass is 9.96. The first kappa shape index (κ1) is 13.3. The van der Waals surface area contributed by atoms with E-state index in [0.717, 1.165) is 51.6 Å². The van der Waals surface area contributed by atoms with Crippen LogP contribution in [0.4, 0.5) is 0 Å². The molecule has 0 aromatic carbocycles. The van der Waals surface area contributed by atoms with Gasteiger partial charge in [-0.25, -0.2) is 13.1 Å². The molecule has 1 heterocycles. The molecule has 100 valence electrons. The van der Waals surface area contributed by atoms with Crippen molar-refractivity contribution in [3.05, 3.63) is 0 Å². The maximum atomic E-state index is 12.0. The molecule has 0 bridgehead atoms. The second-order valence-corrected chi connectivity index (χ2v) is 7.25. The van der Waals surface area contributed by atoms with E-state index in [-0.39, 0.29) is 6.04 Å². The molecule has 1 saturated heterocycles. The van der Waals surface area contributed by atoms with Gasteiger partial charge in [0.05, 0.1) is 5.75 Å². The third-order valence-corrected chi connectivity index (χ3v) is 5.41. The molecule has 1 atom stereocenters. The average molecular weight is 260 g/mol. The zero-order valence-corrected chi connectivity index (χ0v) is 11.3. The summed E-state index contributed by atoms with van der Waals surface area (Å²) >= 11 is 0. The normalized spacial score (nSPS) is 28.1. The predicted octanol–water partition coefficient (Wildman–Crippen LogP) is 1.24. The van der Waals surface area contributed by atoms with Crippen LogP contribution in [0.15, 0.2) is 0 Å². The van der Waals surface area contributed by atoms with Crippen LogP contribution in [-0.4, -0.2) is 33.3 Å². The highest BCUT2D eigenvalue weighted by molar-refractivity contribution is 7.89. The van der Waals surface area contributed by atoms with Crippen molar-refractivity contribution in [2.24, 2.45) is 5.92 Å². The van der Waals surface area contributed by atoms with Gasteiger partial charge in [-0.05, 0) is 44.7 Å². The molecule has 0 aromatic rings. The molecule has 2 fully saturated rings. The summed E-state index contributed by atoms with van der Waals surface area (Å²) in [6.07, 6.45) is 7.76. The molecule has 1 saturated carbocycles. The average Bonchev–Trinajstić information content (AvgIpc) is 2.30. The monoisotopic (exact) mass is 260 g/mol. The number of hydrogen-bond donors (Lipinski definition) is 2. The van der Waals surface area contributed by atoms with Gasteiger partial charge in [0, 0.05) is 6.04 Å². The summed E-state index contributed by atoms with van der Waals surface area (Å²) in [4.78, 5) is 0. The highest BCUT2D eigenvalue weighted by Gasteiger charge is 2.24. The largest absolute Gasteiger partial charge is 0.316 e. The minimum atomic E-state index is -3.07. The minimum absolute atomic E-state index is 0.199. The van der Waals surface area contributed by atoms with Crippen molar-refractivity contribution in [2.75, 3.05) is 18.8 Å². The van der Waals surface area contributed by atoms with Crippen LogP contribution in [0.1, 0.15) is 44.9 Å². The maximum Gasteiger partial charge on any atom is 0.212 e. The molecule has 1 aliphatic carbocycles. The number of sulfonamides is 1. The van der Waals surface area contributed by atoms with E-state index in [1.54, 1.807) is 0 Å². The third-order valence-electron chi connectivity index (χ3n) is 3.81. The van der Waals surface area contributed by atoms with E-state index >= 15 is 0 Å². The van der Waals surface area contributed by atoms with Gasteiger partial charge in [0.2, 0.25) is 10.0 Å². The van der Waals surface area contributed by atoms with Crippen LogP contribution >= 0.6 is 0 Å². The SMILES string of the molecule is O=S(=O)(CC1CCCNC1)NC1CCCCC1. The maximum absolute atomic E-state index is 12.0. The summed E-state index contributed by atoms with van der Waals surface area (Å²) in [5, 5.41) is 3.27. The fourth-order valence-electron chi connectivity index (χ4n) is 2.90. The summed E-state index contributed by atoms with van der Waals surface area (Å²) in [7, 11) is -3.07. The topological polar surface area (TPSA) is 58.2 Å². The molecule has 0 amide bonds. The molecule has 0 aromatic heterocycles. The number of rotatable bonds is 4. The lowest BCUT2D eigenvalue weighted by Gasteiger charge is -2.26. The van der Waals surface area contributed by atoms with Crippen molar-refractivity contribution >= 4 is 10.0 Å². The lowest BCUT2D eigenvalue weighted by molar-refractivity contribution is 0.391. The van der Waals surface area contributed by atoms with Crippen LogP contribution in [0.2, 0.25) is 0 Å². The van der Waals surface area contributed by atoms with E-state index in [9.17, 15) is 8.42 Å². The molecule has 2 aliphatic rings. The minimum Gasteiger partial charge on any atom is -0.316 e. The van der Waals surface area contributed by atoms with E-state index in [0.29, 0.717) is 11.7 Å². The molecule has 5 heteroatoms. The van der Waals surface area contributed by atoms with Gasteiger partial charge in [-0.1, -0.05) is 19.3 Å². The first-order chi connectivity index (χ1) is 8.16. The number of piperidine rings is 1. The van der Waals surface area contributed by atoms with Crippen LogP contribution in [0, 0.1) is 5.92 Å². The Balaban J connectivity index is 1.80. The molecular weight excluding hydrogens is 236 g/mol. The van der Waals surface area contributed by atoms with Crippen molar-refractivity contribution in [2.45, 2.75) is 51.0 Å². The highest BCUT2D eigenvalue weighted by Crippen LogP contribution is 2.19. The van der Waals surface area contributed by atoms with Crippen LogP contribution in [0.25, 0.3) is 0 Å². The van der Waals surface area contributed by atoms with E-state index < -0.39 is 10.0 Å². The predicted molar refractivity (Wildman–Crippen MR) is 69.4 cm³/mol. The van der Waals surface area contributed by atoms with Gasteiger partial charge in [0.1, 0.15) is 0 Å². The van der Waals surface area contributed by atoms with E-state index in [4.69, 9.17) is 0 Å². The van der Waals surface area contributed by atoms with Crippen LogP contribution in [0.5, 0.6) is 0 Å². The molecule has 2 N–H and O–H groups in total. The Labute approximate surface area is 105 Å². The van der Waals surface area contributed by atoms with Gasteiger partial charge in [0.15, 0.2) is 0 Å². The summed E-state index contributed by atoms with van der Waals surface area (Å²) in [5.41, 5.74) is 0. The van der Waals surface area contributed by atoms with Crippen molar-refractivity contribution in [1.82, 2.24) is 10.0 Å². The van der Waals surface area contributed by atoms with Crippen molar-refractivity contribution in [1.29, 1.82) is 0 Å². The van der Waals surface area contributed by atoms with E-state index in [1.807, 2.05) is 0 Å². The molecule has 17 heavy (non-hydrogen) atoms. The summed E-state index contributed by atoms with van der Waals surface area (Å²) < 4.78 is 26.9. The number of hydrogen-bond acceptors (Lipinski definition) is 3. The Bertz CT molecular complexity index is 291. The highest BCUT2D eigenvalue weighted by atomic mass is 32.2. The van der Waals surface area contributed by atoms with E-state index in [2.05, 4.69) is 10.0 Å². The fourth-order valence-corrected chi connectivity index (χ4v) is 4.64. The van der Waals surface area contributed by atoms with Gasteiger partial charge >= 0.3 is 0 Å². The second-order valence-electron chi connectivity index (χ2n) is 5.45. The Kier molecular flexibility index (Phi) is 4.82. The quantitative estimate of drug-likeness (QED) is 0.799. The van der Waals surface area contributed by atoms with Gasteiger partial charge in [0.25, 0.3) is 0 Å². The van der Waals surface area contributed by atoms with E-state index in [1.165, 1.54) is 6.42 Å². The van der Waals surface area contributed by atoms with Crippen LogP contribution in [-0.2, 0) is 10.0 Å². The van der Waals surface area contributed by atoms with Crippen molar-refractivity contribution in [3.8, 4) is 0 Å². The zero-order chi connectivity index (χ0) is 12.1. The second kappa shape index (κ2) is 6.16. The molecular formula is C12H24N2O2S. The first-order valence-corrected chi connectivity index (χ1v) is 8.52. The van der Waals surface area contributed by atoms with Crippen LogP contribution < -0.4 is 10.0 Å². The molecule has 0 spiro atoms. The summed E-state index contributed by atoms with van der Waals surface area (Å²) in [6.45, 7) is 1.89. The Morgan fingerprint density at radius 1 is 1.06 bits per heavy atom. The van der Waals surface area contributed by atoms with Gasteiger partial charge in [-0.15, -0.1) is 0 Å². The summed E-state index contributed by atoms with van der Waals surface area (Å²) in [5.74, 6) is 0.598. The molecule has 1 aliphatic heterocycles. The molecule has 2 rings (SSSR count). The smallest absolute Gasteiger partial charge is 0.212 e. The number of nitrogens with one attached hydrogen (secondary N) is 2. The standard InChI is InChI=1S/C12H24N2O2S/c15-17(16,10-11-5-4-8-13-9-11)14-12-6-2-1-3-7-12/h11-14H,1-10H2. The zero-order valence-electron chi connectivity index (χ0n) is 10.5. The summed E-state index contributed by atoms with van der Waals surface area (Å²) in [6, 6.07) is 0.199. The lowest BCUT2D eigenvalue weighted by Crippen LogP contribution is -2.42. The van der Waals surface area contributed by atoms with Gasteiger partial charge in [-0.2, -0.15) is 0 Å². The van der Waals surface area contributed by atoms with Crippen molar-refractivity contribution < 1.29 is 8.42 Å². The Morgan fingerprint density at radius 3 is 2.47 bits per heavy atom. The Morgan fingerprint density at radius 2 is 1.82 bits per heavy atom.